The maximum absolute atomic E-state index is 11.8. The van der Waals surface area contributed by atoms with Crippen molar-refractivity contribution in [1.29, 1.82) is 0 Å². The Bertz CT molecular complexity index is 150. The van der Waals surface area contributed by atoms with E-state index in [0.29, 0.717) is 0 Å². The van der Waals surface area contributed by atoms with E-state index < -0.39 is 21.8 Å². The summed E-state index contributed by atoms with van der Waals surface area (Å²) in [6.45, 7) is 0. The van der Waals surface area contributed by atoms with Crippen LogP contribution in [0.2, 0.25) is 0 Å². The van der Waals surface area contributed by atoms with Gasteiger partial charge in [0.2, 0.25) is 0 Å². The molecule has 0 N–H and O–H groups in total. The predicted octanol–water partition coefficient (Wildman–Crippen LogP) is -1.17. The Kier molecular flexibility index (Phi) is 2.27. The minimum absolute atomic E-state index is 0.853. The average molecular weight is 223 g/mol. The summed E-state index contributed by atoms with van der Waals surface area (Å²) in [4.78, 5) is 0. The van der Waals surface area contributed by atoms with E-state index in [9.17, 15) is 2.86 Å². The molecule has 0 amide bonds. The van der Waals surface area contributed by atoms with E-state index in [1.807, 2.05) is 30.3 Å². The number of rotatable bonds is 1. The van der Waals surface area contributed by atoms with Crippen molar-refractivity contribution in [2.24, 2.45) is 0 Å². The van der Waals surface area contributed by atoms with Gasteiger partial charge in [0.15, 0.2) is 0 Å². The molecule has 8 heavy (non-hydrogen) atoms. The normalized spacial score (nSPS) is 9.62. The van der Waals surface area contributed by atoms with Crippen molar-refractivity contribution >= 4 is 0 Å². The van der Waals surface area contributed by atoms with Crippen LogP contribution >= 0.6 is 0 Å². The molecule has 0 fully saturated rings. The summed E-state index contributed by atoms with van der Waals surface area (Å²) in [5.41, 5.74) is 0. The van der Waals surface area contributed by atoms with Gasteiger partial charge in [0.25, 0.3) is 0 Å². The molecule has 0 bridgehead atoms. The summed E-state index contributed by atoms with van der Waals surface area (Å²) < 4.78 is 12.7. The molecule has 0 atom stereocenters. The van der Waals surface area contributed by atoms with Gasteiger partial charge in [0.1, 0.15) is 0 Å². The zero-order valence-electron chi connectivity index (χ0n) is 4.14. The summed E-state index contributed by atoms with van der Waals surface area (Å²) >= 11 is -1.19. The Balaban J connectivity index is 2.83. The number of halogens is 2. The molecule has 1 aromatic rings. The average Bonchev–Trinajstić information content (AvgIpc) is 1.90. The fourth-order valence-electron chi connectivity index (χ4n) is 0.462. The van der Waals surface area contributed by atoms with E-state index in [0.717, 1.165) is 3.57 Å². The summed E-state index contributed by atoms with van der Waals surface area (Å²) in [6.07, 6.45) is 0. The van der Waals surface area contributed by atoms with Gasteiger partial charge in [-0.25, -0.2) is 0 Å². The van der Waals surface area contributed by atoms with Gasteiger partial charge in [0, 0.05) is 0 Å². The first-order valence-electron chi connectivity index (χ1n) is 2.24. The molecule has 0 unspecified atom stereocenters. The van der Waals surface area contributed by atoms with Crippen molar-refractivity contribution in [1.82, 2.24) is 0 Å². The molecular formula is C6H5FI-. The van der Waals surface area contributed by atoms with Crippen molar-refractivity contribution in [2.45, 2.75) is 0 Å². The summed E-state index contributed by atoms with van der Waals surface area (Å²) in [6, 6.07) is 9.23. The number of hydrogen-bond donors (Lipinski definition) is 0. The fraction of sp³-hybridized carbons (Fsp3) is 0. The second kappa shape index (κ2) is 3.02. The third-order valence-electron chi connectivity index (χ3n) is 0.816. The number of benzene rings is 1. The molecule has 0 saturated heterocycles. The topological polar surface area (TPSA) is 0 Å². The SMILES string of the molecule is F[I-]c1ccccc1. The van der Waals surface area contributed by atoms with E-state index in [1.165, 1.54) is 0 Å². The molecule has 44 valence electrons. The van der Waals surface area contributed by atoms with E-state index in [-0.39, 0.29) is 0 Å². The predicted molar refractivity (Wildman–Crippen MR) is 26.2 cm³/mol. The van der Waals surface area contributed by atoms with Gasteiger partial charge in [-0.15, -0.1) is 0 Å². The van der Waals surface area contributed by atoms with Gasteiger partial charge in [-0.2, -0.15) is 0 Å². The Morgan fingerprint density at radius 1 is 1.12 bits per heavy atom. The molecule has 0 heterocycles. The van der Waals surface area contributed by atoms with Crippen LogP contribution in [0.4, 0.5) is 2.86 Å². The Labute approximate surface area is 58.8 Å². The van der Waals surface area contributed by atoms with E-state index in [1.54, 1.807) is 0 Å². The zero-order valence-corrected chi connectivity index (χ0v) is 6.30. The van der Waals surface area contributed by atoms with Crippen molar-refractivity contribution in [3.63, 3.8) is 0 Å². The van der Waals surface area contributed by atoms with Crippen LogP contribution < -0.4 is 21.8 Å². The first-order chi connectivity index (χ1) is 3.93. The van der Waals surface area contributed by atoms with Gasteiger partial charge in [-0.1, -0.05) is 0 Å². The van der Waals surface area contributed by atoms with Crippen LogP contribution in [0.25, 0.3) is 0 Å². The second-order valence-corrected chi connectivity index (χ2v) is 3.02. The zero-order chi connectivity index (χ0) is 5.82. The summed E-state index contributed by atoms with van der Waals surface area (Å²) in [7, 11) is 0. The second-order valence-electron chi connectivity index (χ2n) is 1.37. The molecule has 1 rings (SSSR count). The molecule has 0 aromatic heterocycles. The molecule has 2 heteroatoms. The van der Waals surface area contributed by atoms with Crippen LogP contribution in [0.5, 0.6) is 0 Å². The van der Waals surface area contributed by atoms with Gasteiger partial charge in [-0.3, -0.25) is 0 Å². The molecule has 0 nitrogen and oxygen atoms in total. The molecule has 0 spiro atoms. The Morgan fingerprint density at radius 3 is 2.12 bits per heavy atom. The molecule has 0 saturated carbocycles. The molecule has 0 aliphatic rings. The maximum atomic E-state index is 11.8. The Hall–Kier alpha value is -0.120. The summed E-state index contributed by atoms with van der Waals surface area (Å²) in [5.74, 6) is 0. The van der Waals surface area contributed by atoms with E-state index in [2.05, 4.69) is 0 Å². The van der Waals surface area contributed by atoms with Crippen LogP contribution in [-0.4, -0.2) is 0 Å². The number of hydrogen-bond acceptors (Lipinski definition) is 0. The van der Waals surface area contributed by atoms with E-state index in [4.69, 9.17) is 0 Å². The van der Waals surface area contributed by atoms with Crippen LogP contribution in [0.3, 0.4) is 0 Å². The van der Waals surface area contributed by atoms with Crippen LogP contribution in [-0.2, 0) is 0 Å². The van der Waals surface area contributed by atoms with Gasteiger partial charge in [-0.05, 0) is 0 Å². The monoisotopic (exact) mass is 223 g/mol. The van der Waals surface area contributed by atoms with Gasteiger partial charge >= 0.3 is 58.5 Å². The quantitative estimate of drug-likeness (QED) is 0.526. The van der Waals surface area contributed by atoms with Crippen LogP contribution in [0, 0.1) is 3.57 Å². The standard InChI is InChI=1S/C6H5FI/c7-8-6-4-2-1-3-5-6/h1-5H/q-1. The fourth-order valence-corrected chi connectivity index (χ4v) is 1.15. The molecular weight excluding hydrogens is 218 g/mol. The third-order valence-corrected chi connectivity index (χ3v) is 2.01. The molecule has 0 aliphatic carbocycles. The van der Waals surface area contributed by atoms with Crippen molar-refractivity contribution < 1.29 is 24.6 Å². The molecule has 0 aliphatic heterocycles. The van der Waals surface area contributed by atoms with Crippen LogP contribution in [0.15, 0.2) is 30.3 Å². The van der Waals surface area contributed by atoms with Crippen molar-refractivity contribution in [3.05, 3.63) is 33.9 Å². The van der Waals surface area contributed by atoms with E-state index >= 15 is 0 Å². The molecule has 0 radical (unpaired) electrons. The van der Waals surface area contributed by atoms with Crippen molar-refractivity contribution in [3.8, 4) is 0 Å². The minimum atomic E-state index is -1.19. The van der Waals surface area contributed by atoms with Gasteiger partial charge in [0.05, 0.1) is 0 Å². The van der Waals surface area contributed by atoms with Gasteiger partial charge < -0.3 is 0 Å². The van der Waals surface area contributed by atoms with Crippen molar-refractivity contribution in [2.75, 3.05) is 0 Å². The first kappa shape index (κ1) is 6.01. The Morgan fingerprint density at radius 2 is 1.75 bits per heavy atom. The summed E-state index contributed by atoms with van der Waals surface area (Å²) in [5, 5.41) is 0. The first-order valence-corrected chi connectivity index (χ1v) is 4.14. The third kappa shape index (κ3) is 1.43. The van der Waals surface area contributed by atoms with Crippen LogP contribution in [0.1, 0.15) is 0 Å². The molecule has 1 aromatic carbocycles.